The van der Waals surface area contributed by atoms with E-state index in [0.29, 0.717) is 23.4 Å². The number of ether oxygens (including phenoxy) is 2. The van der Waals surface area contributed by atoms with Crippen LogP contribution in [0.3, 0.4) is 0 Å². The van der Waals surface area contributed by atoms with Crippen LogP contribution in [-0.4, -0.2) is 17.4 Å². The number of nitriles is 1. The average molecular weight is 525 g/mol. The van der Waals surface area contributed by atoms with Gasteiger partial charge in [0.25, 0.3) is 5.91 Å². The third kappa shape index (κ3) is 6.47. The largest absolute Gasteiger partial charge is 0.490 e. The number of anilines is 1. The lowest BCUT2D eigenvalue weighted by Crippen LogP contribution is -2.14. The molecule has 0 bridgehead atoms. The minimum atomic E-state index is -4.77. The Morgan fingerprint density at radius 3 is 2.45 bits per heavy atom. The summed E-state index contributed by atoms with van der Waals surface area (Å²) in [6.45, 7) is 5.57. The average Bonchev–Trinajstić information content (AvgIpc) is 2.86. The maximum absolute atomic E-state index is 13.0. The smallest absolute Gasteiger partial charge is 0.416 e. The van der Waals surface area contributed by atoms with E-state index in [-0.39, 0.29) is 23.7 Å². The maximum Gasteiger partial charge on any atom is 0.416 e. The Balaban J connectivity index is 1.93. The van der Waals surface area contributed by atoms with E-state index in [1.54, 1.807) is 19.1 Å². The van der Waals surface area contributed by atoms with Gasteiger partial charge < -0.3 is 14.8 Å². The fraction of sp³-hybridized carbons (Fsp3) is 0.185. The molecule has 1 N–H and O–H groups in total. The van der Waals surface area contributed by atoms with E-state index in [0.717, 1.165) is 17.2 Å². The van der Waals surface area contributed by atoms with E-state index in [9.17, 15) is 33.3 Å². The van der Waals surface area contributed by atoms with Crippen LogP contribution < -0.4 is 14.8 Å². The second kappa shape index (κ2) is 11.5. The number of carbonyl (C=O) groups excluding carboxylic acids is 1. The Hall–Kier alpha value is -4.85. The molecule has 0 fully saturated rings. The molecule has 11 heteroatoms. The van der Waals surface area contributed by atoms with Crippen molar-refractivity contribution < 1.29 is 32.4 Å². The molecule has 8 nitrogen and oxygen atoms in total. The molecule has 0 aliphatic rings. The molecule has 3 aromatic rings. The van der Waals surface area contributed by atoms with E-state index in [2.05, 4.69) is 5.32 Å². The highest BCUT2D eigenvalue weighted by atomic mass is 19.4. The first-order valence-electron chi connectivity index (χ1n) is 11.2. The van der Waals surface area contributed by atoms with Gasteiger partial charge in [0.15, 0.2) is 11.5 Å². The lowest BCUT2D eigenvalue weighted by Gasteiger charge is -2.14. The zero-order valence-electron chi connectivity index (χ0n) is 20.6. The number of nitro groups is 1. The van der Waals surface area contributed by atoms with Gasteiger partial charge in [0, 0.05) is 11.8 Å². The van der Waals surface area contributed by atoms with Gasteiger partial charge in [0.05, 0.1) is 17.1 Å². The normalized spacial score (nSPS) is 11.4. The van der Waals surface area contributed by atoms with Crippen LogP contribution in [0.15, 0.2) is 60.2 Å². The number of nitrogens with one attached hydrogen (secondary N) is 1. The topological polar surface area (TPSA) is 114 Å². The van der Waals surface area contributed by atoms with Crippen molar-refractivity contribution in [3.63, 3.8) is 0 Å². The van der Waals surface area contributed by atoms with Crippen molar-refractivity contribution in [3.8, 4) is 23.3 Å². The van der Waals surface area contributed by atoms with E-state index < -0.39 is 34.0 Å². The Morgan fingerprint density at radius 2 is 1.82 bits per heavy atom. The van der Waals surface area contributed by atoms with Crippen LogP contribution in [0.4, 0.5) is 24.5 Å². The molecule has 0 aliphatic carbocycles. The third-order valence-electron chi connectivity index (χ3n) is 5.50. The SMILES string of the molecule is CCOc1cc(/C=C(\C#N)C(=O)Nc2cccc(C)c2C)ccc1Oc1ccc(C(F)(F)F)cc1[N+](=O)[O-]. The number of amides is 1. The van der Waals surface area contributed by atoms with Crippen LogP contribution in [-0.2, 0) is 11.0 Å². The molecule has 0 saturated heterocycles. The molecule has 0 aliphatic heterocycles. The van der Waals surface area contributed by atoms with Crippen molar-refractivity contribution in [2.24, 2.45) is 0 Å². The standard InChI is InChI=1S/C27H22F3N3O5/c1-4-37-25-13-18(12-19(15-31)26(34)32-21-7-5-6-16(2)17(21)3)8-10-24(25)38-23-11-9-20(27(28,29)30)14-22(23)33(35)36/h5-14H,4H2,1-3H3,(H,32,34)/b19-12+. The number of benzene rings is 3. The lowest BCUT2D eigenvalue weighted by atomic mass is 10.1. The quantitative estimate of drug-likeness (QED) is 0.147. The van der Waals surface area contributed by atoms with Crippen LogP contribution in [0.5, 0.6) is 17.2 Å². The molecule has 0 radical (unpaired) electrons. The van der Waals surface area contributed by atoms with Crippen LogP contribution in [0, 0.1) is 35.3 Å². The number of nitro benzene ring substituents is 1. The van der Waals surface area contributed by atoms with Gasteiger partial charge in [-0.2, -0.15) is 18.4 Å². The second-order valence-corrected chi connectivity index (χ2v) is 8.05. The highest BCUT2D eigenvalue weighted by Crippen LogP contribution is 2.40. The highest BCUT2D eigenvalue weighted by molar-refractivity contribution is 6.10. The second-order valence-electron chi connectivity index (χ2n) is 8.05. The number of halogens is 3. The predicted molar refractivity (Wildman–Crippen MR) is 134 cm³/mol. The molecule has 196 valence electrons. The molecule has 3 rings (SSSR count). The molecule has 0 atom stereocenters. The Labute approximate surface area is 216 Å². The molecule has 0 aromatic heterocycles. The summed E-state index contributed by atoms with van der Waals surface area (Å²) in [5.74, 6) is -0.953. The molecule has 38 heavy (non-hydrogen) atoms. The summed E-state index contributed by atoms with van der Waals surface area (Å²) in [6.07, 6.45) is -3.44. The van der Waals surface area contributed by atoms with Gasteiger partial charge in [-0.15, -0.1) is 0 Å². The van der Waals surface area contributed by atoms with E-state index in [1.807, 2.05) is 26.0 Å². The van der Waals surface area contributed by atoms with Crippen LogP contribution in [0.2, 0.25) is 0 Å². The van der Waals surface area contributed by atoms with Gasteiger partial charge in [-0.25, -0.2) is 0 Å². The van der Waals surface area contributed by atoms with E-state index in [4.69, 9.17) is 9.47 Å². The zero-order valence-corrected chi connectivity index (χ0v) is 20.6. The first kappa shape index (κ1) is 27.7. The molecule has 1 amide bonds. The van der Waals surface area contributed by atoms with Gasteiger partial charge >= 0.3 is 11.9 Å². The molecular formula is C27H22F3N3O5. The van der Waals surface area contributed by atoms with Gasteiger partial charge in [-0.3, -0.25) is 14.9 Å². The Morgan fingerprint density at radius 1 is 1.11 bits per heavy atom. The van der Waals surface area contributed by atoms with E-state index in [1.165, 1.54) is 24.3 Å². The third-order valence-corrected chi connectivity index (χ3v) is 5.50. The Bertz CT molecular complexity index is 1460. The molecule has 0 unspecified atom stereocenters. The van der Waals surface area contributed by atoms with Gasteiger partial charge in [-0.05, 0) is 73.9 Å². The first-order chi connectivity index (χ1) is 17.9. The van der Waals surface area contributed by atoms with Crippen molar-refractivity contribution in [3.05, 3.63) is 92.5 Å². The highest BCUT2D eigenvalue weighted by Gasteiger charge is 2.33. The monoisotopic (exact) mass is 525 g/mol. The number of aryl methyl sites for hydroxylation is 1. The number of carbonyl (C=O) groups is 1. The summed E-state index contributed by atoms with van der Waals surface area (Å²) in [5.41, 5.74) is 0.515. The van der Waals surface area contributed by atoms with Crippen LogP contribution in [0.25, 0.3) is 6.08 Å². The zero-order chi connectivity index (χ0) is 28.0. The van der Waals surface area contributed by atoms with Crippen molar-refractivity contribution >= 4 is 23.4 Å². The maximum atomic E-state index is 13.0. The lowest BCUT2D eigenvalue weighted by molar-refractivity contribution is -0.385. The Kier molecular flexibility index (Phi) is 8.37. The number of nitrogens with zero attached hydrogens (tertiary/aromatic N) is 2. The minimum Gasteiger partial charge on any atom is -0.490 e. The van der Waals surface area contributed by atoms with Crippen molar-refractivity contribution in [2.45, 2.75) is 26.9 Å². The van der Waals surface area contributed by atoms with E-state index >= 15 is 0 Å². The summed E-state index contributed by atoms with van der Waals surface area (Å²) in [5, 5.41) is 23.7. The van der Waals surface area contributed by atoms with Crippen molar-refractivity contribution in [1.82, 2.24) is 0 Å². The number of hydrogen-bond acceptors (Lipinski definition) is 6. The minimum absolute atomic E-state index is 0.00907. The summed E-state index contributed by atoms with van der Waals surface area (Å²) in [4.78, 5) is 23.1. The molecular weight excluding hydrogens is 503 g/mol. The van der Waals surface area contributed by atoms with Gasteiger partial charge in [-0.1, -0.05) is 18.2 Å². The fourth-order valence-corrected chi connectivity index (χ4v) is 3.40. The van der Waals surface area contributed by atoms with Crippen molar-refractivity contribution in [1.29, 1.82) is 5.26 Å². The number of alkyl halides is 3. The fourth-order valence-electron chi connectivity index (χ4n) is 3.40. The molecule has 0 saturated carbocycles. The summed E-state index contributed by atoms with van der Waals surface area (Å²) >= 11 is 0. The van der Waals surface area contributed by atoms with Gasteiger partial charge in [0.1, 0.15) is 11.6 Å². The van der Waals surface area contributed by atoms with Crippen LogP contribution >= 0.6 is 0 Å². The molecule has 3 aromatic carbocycles. The molecule has 0 heterocycles. The number of rotatable bonds is 8. The van der Waals surface area contributed by atoms with Crippen molar-refractivity contribution in [2.75, 3.05) is 11.9 Å². The summed E-state index contributed by atoms with van der Waals surface area (Å²) < 4.78 is 50.1. The number of hydrogen-bond donors (Lipinski definition) is 1. The predicted octanol–water partition coefficient (Wildman–Crippen LogP) is 6.97. The molecule has 0 spiro atoms. The summed E-state index contributed by atoms with van der Waals surface area (Å²) in [6, 6.07) is 13.4. The van der Waals surface area contributed by atoms with Crippen LogP contribution in [0.1, 0.15) is 29.2 Å². The summed E-state index contributed by atoms with van der Waals surface area (Å²) in [7, 11) is 0. The van der Waals surface area contributed by atoms with Gasteiger partial charge in [0.2, 0.25) is 5.75 Å². The first-order valence-corrected chi connectivity index (χ1v) is 11.2.